The van der Waals surface area contributed by atoms with E-state index in [1.54, 1.807) is 0 Å². The Morgan fingerprint density at radius 2 is 1.37 bits per heavy atom. The maximum atomic E-state index is 2.36. The van der Waals surface area contributed by atoms with Crippen LogP contribution in [-0.4, -0.2) is 31.8 Å². The normalized spacial score (nSPS) is 18.3. The zero-order valence-electron chi connectivity index (χ0n) is 13.3. The number of hydrogen-bond acceptors (Lipinski definition) is 1. The average Bonchev–Trinajstić information content (AvgIpc) is 2.55. The Labute approximate surface area is 126 Å². The van der Waals surface area contributed by atoms with Gasteiger partial charge in [-0.25, -0.2) is 0 Å². The predicted molar refractivity (Wildman–Crippen MR) is 84.9 cm³/mol. The van der Waals surface area contributed by atoms with Crippen molar-refractivity contribution in [1.29, 1.82) is 0 Å². The molecule has 0 aromatic heterocycles. The van der Waals surface area contributed by atoms with Crippen molar-refractivity contribution in [3.8, 4) is 0 Å². The van der Waals surface area contributed by atoms with Crippen LogP contribution in [0.5, 0.6) is 0 Å². The van der Waals surface area contributed by atoms with Crippen LogP contribution in [-0.2, 0) is 4.09 Å². The number of para-hydroxylation sites is 1. The molecule has 0 aliphatic heterocycles. The van der Waals surface area contributed by atoms with Crippen LogP contribution in [0.1, 0.15) is 33.3 Å². The summed E-state index contributed by atoms with van der Waals surface area (Å²) in [4.78, 5) is 2.21. The molecule has 1 aliphatic carbocycles. The summed E-state index contributed by atoms with van der Waals surface area (Å²) in [6.07, 6.45) is 0. The van der Waals surface area contributed by atoms with Crippen molar-refractivity contribution in [2.75, 3.05) is 19.0 Å². The van der Waals surface area contributed by atoms with Crippen LogP contribution < -0.4 is 4.90 Å². The van der Waals surface area contributed by atoms with E-state index in [-0.39, 0.29) is 4.09 Å². The van der Waals surface area contributed by atoms with Crippen LogP contribution >= 0.6 is 0 Å². The predicted octanol–water partition coefficient (Wildman–Crippen LogP) is 3.80. The average molecular weight is 247 g/mol. The molecule has 0 unspecified atom stereocenters. The van der Waals surface area contributed by atoms with Crippen molar-refractivity contribution in [2.24, 2.45) is 0 Å². The zero-order valence-corrected chi connectivity index (χ0v) is 13.3. The minimum absolute atomic E-state index is 0.0367. The summed E-state index contributed by atoms with van der Waals surface area (Å²) in [6.45, 7) is 9.05. The van der Waals surface area contributed by atoms with Crippen LogP contribution in [0.3, 0.4) is 0 Å². The number of rotatable bonds is 2. The summed E-state index contributed by atoms with van der Waals surface area (Å²) in [7, 11) is 4.24. The van der Waals surface area contributed by atoms with Gasteiger partial charge in [-0.1, -0.05) is 0 Å². The zero-order chi connectivity index (χ0) is 14.4. The molecule has 0 amide bonds. The van der Waals surface area contributed by atoms with Crippen molar-refractivity contribution in [1.82, 2.24) is 0 Å². The fraction of sp³-hybridized carbons (Fsp3) is 0.412. The van der Waals surface area contributed by atoms with E-state index in [0.29, 0.717) is 0 Å². The molecule has 0 saturated carbocycles. The Morgan fingerprint density at radius 1 is 0.895 bits per heavy atom. The van der Waals surface area contributed by atoms with Gasteiger partial charge < -0.3 is 0 Å². The molecule has 0 bridgehead atoms. The molecule has 0 spiro atoms. The van der Waals surface area contributed by atoms with E-state index in [2.05, 4.69) is 88.7 Å². The van der Waals surface area contributed by atoms with Crippen LogP contribution in [0.25, 0.3) is 0 Å². The molecule has 0 heterocycles. The van der Waals surface area contributed by atoms with Crippen LogP contribution in [0, 0.1) is 0 Å². The molecule has 1 aromatic rings. The number of benzene rings is 1. The third kappa shape index (κ3) is 2.00. The fourth-order valence-electron chi connectivity index (χ4n) is 3.28. The molecule has 0 atom stereocenters. The van der Waals surface area contributed by atoms with E-state index in [0.717, 1.165) is 0 Å². The van der Waals surface area contributed by atoms with Gasteiger partial charge in [-0.05, 0) is 0 Å². The number of hydrogen-bond donors (Lipinski definition) is 0. The van der Waals surface area contributed by atoms with Gasteiger partial charge in [-0.3, -0.25) is 0 Å². The van der Waals surface area contributed by atoms with Crippen molar-refractivity contribution in [3.63, 3.8) is 0 Å². The van der Waals surface area contributed by atoms with E-state index >= 15 is 0 Å². The van der Waals surface area contributed by atoms with Gasteiger partial charge in [-0.15, -0.1) is 0 Å². The Morgan fingerprint density at radius 3 is 1.84 bits per heavy atom. The molecule has 0 radical (unpaired) electrons. The van der Waals surface area contributed by atoms with Crippen LogP contribution in [0.4, 0.5) is 5.69 Å². The summed E-state index contributed by atoms with van der Waals surface area (Å²) in [5.74, 6) is 0. The number of anilines is 1. The van der Waals surface area contributed by atoms with Gasteiger partial charge in [-0.2, -0.15) is 0 Å². The number of allylic oxidation sites excluding steroid dienone is 4. The second kappa shape index (κ2) is 4.89. The summed E-state index contributed by atoms with van der Waals surface area (Å²) in [6, 6.07) is 8.75. The Hall–Kier alpha value is -0.903. The molecule has 1 nitrogen and oxygen atoms in total. The van der Waals surface area contributed by atoms with Gasteiger partial charge in [0, 0.05) is 0 Å². The van der Waals surface area contributed by atoms with Crippen molar-refractivity contribution in [3.05, 3.63) is 52.1 Å². The first-order chi connectivity index (χ1) is 8.81. The molecular formula is C17H22LiN. The van der Waals surface area contributed by atoms with Crippen molar-refractivity contribution < 1.29 is 0 Å². The topological polar surface area (TPSA) is 3.24 Å². The Kier molecular flexibility index (Phi) is 3.73. The Balaban J connectivity index is 2.72. The number of nitrogens with zero attached hydrogens (tertiary/aromatic N) is 1. The third-order valence-corrected chi connectivity index (χ3v) is 5.11. The van der Waals surface area contributed by atoms with Gasteiger partial charge in [0.15, 0.2) is 0 Å². The van der Waals surface area contributed by atoms with Gasteiger partial charge >= 0.3 is 126 Å². The second-order valence-electron chi connectivity index (χ2n) is 6.04. The maximum absolute atomic E-state index is 2.36. The van der Waals surface area contributed by atoms with E-state index < -0.39 is 0 Å². The minimum atomic E-state index is 0.0367. The first-order valence-electron chi connectivity index (χ1n) is 6.95. The molecule has 2 rings (SSSR count). The fourth-order valence-corrected chi connectivity index (χ4v) is 3.28. The summed E-state index contributed by atoms with van der Waals surface area (Å²) < 4.78 is 0.0367. The first-order valence-corrected chi connectivity index (χ1v) is 6.95. The molecular weight excluding hydrogens is 225 g/mol. The third-order valence-electron chi connectivity index (χ3n) is 5.11. The second-order valence-corrected chi connectivity index (χ2v) is 6.04. The van der Waals surface area contributed by atoms with Gasteiger partial charge in [0.1, 0.15) is 0 Å². The van der Waals surface area contributed by atoms with Crippen LogP contribution in [0.2, 0.25) is 0 Å². The Bertz CT molecular complexity index is 555. The molecule has 0 saturated heterocycles. The molecule has 1 aliphatic rings. The van der Waals surface area contributed by atoms with Gasteiger partial charge in [0.2, 0.25) is 0 Å². The molecule has 19 heavy (non-hydrogen) atoms. The summed E-state index contributed by atoms with van der Waals surface area (Å²) >= 11 is 2.36. The quantitative estimate of drug-likeness (QED) is 0.718. The van der Waals surface area contributed by atoms with Gasteiger partial charge in [0.05, 0.1) is 0 Å². The van der Waals surface area contributed by atoms with E-state index in [4.69, 9.17) is 0 Å². The van der Waals surface area contributed by atoms with E-state index in [1.807, 2.05) is 0 Å². The molecule has 0 fully saturated rings. The summed E-state index contributed by atoms with van der Waals surface area (Å²) in [5, 5.41) is 0. The molecule has 96 valence electrons. The van der Waals surface area contributed by atoms with Crippen LogP contribution in [0.15, 0.2) is 46.6 Å². The molecule has 2 heteroatoms. The molecule has 0 N–H and O–H groups in total. The van der Waals surface area contributed by atoms with E-state index in [1.165, 1.54) is 33.5 Å². The standard InChI is InChI=1S/C17H22N.Li/c1-11-12(2)14(4)17(13(11)3)15-9-7-8-10-16(15)18(5)6;/h7-10H,1-6H3;. The SMILES string of the molecule is [Li][C]1(c2ccccc2N(C)C)C(C)=C(C)C(C)=C1C. The van der Waals surface area contributed by atoms with Crippen molar-refractivity contribution in [2.45, 2.75) is 31.8 Å². The molecule has 1 aromatic carbocycles. The van der Waals surface area contributed by atoms with Gasteiger partial charge in [0.25, 0.3) is 0 Å². The van der Waals surface area contributed by atoms with E-state index in [9.17, 15) is 0 Å². The van der Waals surface area contributed by atoms with Crippen molar-refractivity contribution >= 4 is 23.4 Å². The summed E-state index contributed by atoms with van der Waals surface area (Å²) in [5.41, 5.74) is 8.59. The monoisotopic (exact) mass is 247 g/mol. The first kappa shape index (κ1) is 14.5.